The van der Waals surface area contributed by atoms with Crippen molar-refractivity contribution in [2.75, 3.05) is 6.54 Å². The lowest BCUT2D eigenvalue weighted by Crippen LogP contribution is -2.44. The highest BCUT2D eigenvalue weighted by Gasteiger charge is 2.38. The monoisotopic (exact) mass is 546 g/mol. The Labute approximate surface area is 207 Å². The van der Waals surface area contributed by atoms with E-state index in [4.69, 9.17) is 0 Å². The summed E-state index contributed by atoms with van der Waals surface area (Å²) in [5.74, 6) is -4.56. The number of carbonyl (C=O) groups excluding carboxylic acids is 1. The fraction of sp³-hybridized carbons (Fsp3) is 0.304. The summed E-state index contributed by atoms with van der Waals surface area (Å²) in [5.41, 5.74) is -1.31. The molecule has 0 bridgehead atoms. The van der Waals surface area contributed by atoms with E-state index >= 15 is 0 Å². The van der Waals surface area contributed by atoms with Crippen molar-refractivity contribution in [3.8, 4) is 0 Å². The molecule has 0 fully saturated rings. The van der Waals surface area contributed by atoms with Gasteiger partial charge in [0.1, 0.15) is 17.3 Å². The highest BCUT2D eigenvalue weighted by Crippen LogP contribution is 2.31. The third-order valence-electron chi connectivity index (χ3n) is 5.86. The molecular weight excluding hydrogens is 526 g/mol. The van der Waals surface area contributed by atoms with Crippen molar-refractivity contribution in [2.45, 2.75) is 43.0 Å². The summed E-state index contributed by atoms with van der Waals surface area (Å²) in [6.07, 6.45) is -4.97. The molecule has 2 heterocycles. The molecule has 4 rings (SSSR count). The summed E-state index contributed by atoms with van der Waals surface area (Å²) in [6, 6.07) is 6.71. The van der Waals surface area contributed by atoms with Crippen molar-refractivity contribution in [1.82, 2.24) is 19.2 Å². The lowest BCUT2D eigenvalue weighted by atomic mass is 10.0. The molecule has 0 saturated carbocycles. The number of carbonyl (C=O) groups is 1. The van der Waals surface area contributed by atoms with E-state index < -0.39 is 64.1 Å². The van der Waals surface area contributed by atoms with Crippen LogP contribution in [0.25, 0.3) is 0 Å². The molecule has 0 saturated heterocycles. The van der Waals surface area contributed by atoms with Crippen LogP contribution in [0.2, 0.25) is 0 Å². The summed E-state index contributed by atoms with van der Waals surface area (Å²) in [5, 5.41) is 0. The molecule has 3 aromatic rings. The van der Waals surface area contributed by atoms with Crippen molar-refractivity contribution in [1.29, 1.82) is 0 Å². The molecule has 0 unspecified atom stereocenters. The summed E-state index contributed by atoms with van der Waals surface area (Å²) in [4.78, 5) is 17.8. The highest BCUT2D eigenvalue weighted by atomic mass is 32.2. The Morgan fingerprint density at radius 1 is 1.03 bits per heavy atom. The number of halogens is 6. The molecule has 1 atom stereocenters. The van der Waals surface area contributed by atoms with Gasteiger partial charge in [0.25, 0.3) is 0 Å². The Bertz CT molecular complexity index is 1410. The zero-order valence-corrected chi connectivity index (χ0v) is 19.8. The molecule has 1 aromatic heterocycles. The van der Waals surface area contributed by atoms with E-state index in [2.05, 4.69) is 9.71 Å². The molecule has 14 heteroatoms. The van der Waals surface area contributed by atoms with E-state index in [1.807, 2.05) is 0 Å². The summed E-state index contributed by atoms with van der Waals surface area (Å²) in [6.45, 7) is -0.552. The minimum absolute atomic E-state index is 0.00000799. The number of fused-ring (bicyclic) bond motifs is 1. The van der Waals surface area contributed by atoms with Crippen LogP contribution in [0.1, 0.15) is 23.5 Å². The lowest BCUT2D eigenvalue weighted by molar-refractivity contribution is -0.144. The molecule has 7 nitrogen and oxygen atoms in total. The predicted molar refractivity (Wildman–Crippen MR) is 118 cm³/mol. The van der Waals surface area contributed by atoms with Crippen LogP contribution in [0, 0.1) is 17.5 Å². The average molecular weight is 546 g/mol. The fourth-order valence-corrected chi connectivity index (χ4v) is 5.32. The Morgan fingerprint density at radius 2 is 1.70 bits per heavy atom. The Kier molecular flexibility index (Phi) is 7.33. The minimum atomic E-state index is -4.62. The first-order valence-corrected chi connectivity index (χ1v) is 12.4. The maximum absolute atomic E-state index is 14.3. The van der Waals surface area contributed by atoms with E-state index in [-0.39, 0.29) is 35.9 Å². The number of hydrogen-bond acceptors (Lipinski definition) is 4. The van der Waals surface area contributed by atoms with E-state index in [1.54, 1.807) is 6.07 Å². The normalized spacial score (nSPS) is 14.9. The SMILES string of the molecule is O=C(C[C@H](Cc1cc(F)c(F)cc1F)NS(=O)(=O)c1ccccc1)N1CCn2c(C(F)(F)F)cnc2C1. The largest absolute Gasteiger partial charge is 0.433 e. The van der Waals surface area contributed by atoms with Gasteiger partial charge in [-0.2, -0.15) is 13.2 Å². The average Bonchev–Trinajstić information content (AvgIpc) is 3.27. The highest BCUT2D eigenvalue weighted by molar-refractivity contribution is 7.89. The van der Waals surface area contributed by atoms with Gasteiger partial charge in [-0.05, 0) is 30.2 Å². The van der Waals surface area contributed by atoms with Gasteiger partial charge >= 0.3 is 6.18 Å². The zero-order valence-electron chi connectivity index (χ0n) is 19.0. The van der Waals surface area contributed by atoms with Crippen molar-refractivity contribution >= 4 is 15.9 Å². The van der Waals surface area contributed by atoms with Gasteiger partial charge < -0.3 is 9.47 Å². The van der Waals surface area contributed by atoms with Crippen molar-refractivity contribution in [3.63, 3.8) is 0 Å². The van der Waals surface area contributed by atoms with E-state index in [1.165, 1.54) is 29.2 Å². The predicted octanol–water partition coefficient (Wildman–Crippen LogP) is 3.64. The smallest absolute Gasteiger partial charge is 0.333 e. The number of benzene rings is 2. The van der Waals surface area contributed by atoms with Gasteiger partial charge in [0, 0.05) is 31.6 Å². The molecule has 1 amide bonds. The van der Waals surface area contributed by atoms with Gasteiger partial charge in [0.15, 0.2) is 11.6 Å². The second-order valence-corrected chi connectivity index (χ2v) is 10.1. The lowest BCUT2D eigenvalue weighted by Gasteiger charge is -2.30. The van der Waals surface area contributed by atoms with Gasteiger partial charge in [-0.25, -0.2) is 31.3 Å². The van der Waals surface area contributed by atoms with Crippen LogP contribution >= 0.6 is 0 Å². The maximum atomic E-state index is 14.3. The molecular formula is C23H20F6N4O3S. The molecule has 1 aliphatic rings. The van der Waals surface area contributed by atoms with E-state index in [9.17, 15) is 39.6 Å². The summed E-state index contributed by atoms with van der Waals surface area (Å²) in [7, 11) is -4.20. The molecule has 37 heavy (non-hydrogen) atoms. The standard InChI is InChI=1S/C23H20F6N4O3S/c24-17-11-19(26)18(25)9-14(17)8-15(31-37(35,36)16-4-2-1-3-5-16)10-22(34)32-6-7-33-20(23(27,28)29)12-30-21(33)13-32/h1-5,9,11-12,15,31H,6-8,10,13H2/t15-/m0/s1. The zero-order chi connectivity index (χ0) is 27.0. The second kappa shape index (κ2) is 10.2. The molecule has 1 N–H and O–H groups in total. The molecule has 198 valence electrons. The number of imidazole rings is 1. The fourth-order valence-electron chi connectivity index (χ4n) is 4.07. The first kappa shape index (κ1) is 26.7. The molecule has 0 spiro atoms. The minimum Gasteiger partial charge on any atom is -0.333 e. The van der Waals surface area contributed by atoms with Crippen LogP contribution in [-0.2, 0) is 40.5 Å². The topological polar surface area (TPSA) is 84.3 Å². The van der Waals surface area contributed by atoms with Gasteiger partial charge in [0.2, 0.25) is 15.9 Å². The number of nitrogens with zero attached hydrogens (tertiary/aromatic N) is 3. The molecule has 2 aromatic carbocycles. The second-order valence-electron chi connectivity index (χ2n) is 8.42. The third-order valence-corrected chi connectivity index (χ3v) is 7.40. The molecule has 0 aliphatic carbocycles. The number of nitrogens with one attached hydrogen (secondary N) is 1. The maximum Gasteiger partial charge on any atom is 0.433 e. The van der Waals surface area contributed by atoms with Crippen molar-refractivity contribution in [2.24, 2.45) is 0 Å². The van der Waals surface area contributed by atoms with E-state index in [0.29, 0.717) is 18.3 Å². The van der Waals surface area contributed by atoms with Crippen LogP contribution in [0.5, 0.6) is 0 Å². The van der Waals surface area contributed by atoms with Gasteiger partial charge in [0.05, 0.1) is 17.6 Å². The Balaban J connectivity index is 1.56. The quantitative estimate of drug-likeness (QED) is 0.363. The van der Waals surface area contributed by atoms with Crippen LogP contribution in [0.4, 0.5) is 26.3 Å². The first-order chi connectivity index (χ1) is 17.3. The number of rotatable bonds is 7. The number of alkyl halides is 3. The summed E-state index contributed by atoms with van der Waals surface area (Å²) < 4.78 is 110. The Hall–Kier alpha value is -3.39. The van der Waals surface area contributed by atoms with Gasteiger partial charge in [-0.15, -0.1) is 0 Å². The molecule has 1 aliphatic heterocycles. The summed E-state index contributed by atoms with van der Waals surface area (Å²) >= 11 is 0. The number of aromatic nitrogens is 2. The third kappa shape index (κ3) is 5.96. The van der Waals surface area contributed by atoms with Crippen LogP contribution in [-0.4, -0.2) is 41.4 Å². The number of amides is 1. The van der Waals surface area contributed by atoms with Crippen LogP contribution < -0.4 is 4.72 Å². The van der Waals surface area contributed by atoms with Crippen LogP contribution in [0.3, 0.4) is 0 Å². The van der Waals surface area contributed by atoms with Gasteiger partial charge in [-0.3, -0.25) is 4.79 Å². The number of sulfonamides is 1. The van der Waals surface area contributed by atoms with Crippen molar-refractivity contribution < 1.29 is 39.6 Å². The first-order valence-electron chi connectivity index (χ1n) is 11.0. The molecule has 0 radical (unpaired) electrons. The van der Waals surface area contributed by atoms with E-state index in [0.717, 1.165) is 4.57 Å². The number of hydrogen-bond donors (Lipinski definition) is 1. The van der Waals surface area contributed by atoms with Crippen LogP contribution in [0.15, 0.2) is 53.6 Å². The van der Waals surface area contributed by atoms with Crippen molar-refractivity contribution in [3.05, 3.63) is 83.2 Å². The Morgan fingerprint density at radius 3 is 2.38 bits per heavy atom. The van der Waals surface area contributed by atoms with Gasteiger partial charge in [-0.1, -0.05) is 18.2 Å².